The molecule has 18 nitrogen and oxygen atoms in total. The second kappa shape index (κ2) is 27.1. The fourth-order valence-electron chi connectivity index (χ4n) is 6.96. The Morgan fingerprint density at radius 2 is 0.973 bits per heavy atom. The van der Waals surface area contributed by atoms with Gasteiger partial charge in [-0.05, 0) is 136 Å². The summed E-state index contributed by atoms with van der Waals surface area (Å²) in [6.45, 7) is 19.0. The van der Waals surface area contributed by atoms with Gasteiger partial charge in [-0.2, -0.15) is 5.26 Å². The minimum absolute atomic E-state index is 0.108. The Bertz CT molecular complexity index is 2640. The molecule has 0 aromatic heterocycles. The molecule has 2 fully saturated rings. The predicted octanol–water partition coefficient (Wildman–Crippen LogP) is 8.17. The molecule has 6 rings (SSSR count). The third kappa shape index (κ3) is 16.1. The predicted molar refractivity (Wildman–Crippen MR) is 264 cm³/mol. The van der Waals surface area contributed by atoms with Crippen molar-refractivity contribution in [2.45, 2.75) is 63.9 Å². The summed E-state index contributed by atoms with van der Waals surface area (Å²) in [6, 6.07) is 26.9. The average molecular weight is 1010 g/mol. The molecule has 0 aliphatic carbocycles. The quantitative estimate of drug-likeness (QED) is 0.0123. The van der Waals surface area contributed by atoms with Crippen LogP contribution < -0.4 is 18.9 Å². The number of nitriles is 1. The van der Waals surface area contributed by atoms with Gasteiger partial charge in [0.15, 0.2) is 12.2 Å². The van der Waals surface area contributed by atoms with Gasteiger partial charge < -0.3 is 47.4 Å². The van der Waals surface area contributed by atoms with E-state index in [0.717, 1.165) is 0 Å². The van der Waals surface area contributed by atoms with Gasteiger partial charge in [-0.25, -0.2) is 28.8 Å². The standard InChI is InChI=1S/C56H52N2O16/c1-35(2)51(59)67-28-8-6-26-65-42-22-14-39(15-23-42)53(61)71-44-18-10-37(11-19-44)30-41(32-57)55(63)73-47-33-69-50-48(34-70-49(47)50)74-56(64)46(58-5)31-38-12-20-45(21-13-38)72-54(62)40-16-24-43(25-17-40)66-27-7-9-29-68-52(60)36(3)4/h10-25,30-31,47-50H,1,3,6-9,26-29,33-34H2,2,4H3/b41-30+,46-31-/t47-,48+,49-,50-/m1/s1. The second-order valence-electron chi connectivity index (χ2n) is 16.7. The van der Waals surface area contributed by atoms with Crippen LogP contribution in [0.15, 0.2) is 133 Å². The third-order valence-corrected chi connectivity index (χ3v) is 10.9. The van der Waals surface area contributed by atoms with Gasteiger partial charge in [0.2, 0.25) is 0 Å². The normalized spacial score (nSPS) is 16.8. The molecule has 2 saturated heterocycles. The summed E-state index contributed by atoms with van der Waals surface area (Å²) in [5.41, 5.74) is 1.47. The van der Waals surface area contributed by atoms with Crippen molar-refractivity contribution in [2.24, 2.45) is 0 Å². The molecule has 4 atom stereocenters. The van der Waals surface area contributed by atoms with E-state index in [1.165, 1.54) is 36.4 Å². The number of unbranched alkanes of at least 4 members (excludes halogenated alkanes) is 2. The fraction of sp³-hybridized carbons (Fsp3) is 0.286. The van der Waals surface area contributed by atoms with Gasteiger partial charge in [-0.1, -0.05) is 37.4 Å². The number of ether oxygens (including phenoxy) is 10. The second-order valence-corrected chi connectivity index (χ2v) is 16.7. The van der Waals surface area contributed by atoms with Crippen molar-refractivity contribution in [1.82, 2.24) is 0 Å². The first-order valence-corrected chi connectivity index (χ1v) is 23.3. The number of carbonyl (C=O) groups excluding carboxylic acids is 6. The van der Waals surface area contributed by atoms with E-state index in [4.69, 9.17) is 53.9 Å². The first kappa shape index (κ1) is 54.5. The number of nitrogens with zero attached hydrogens (tertiary/aromatic N) is 2. The summed E-state index contributed by atoms with van der Waals surface area (Å²) in [4.78, 5) is 78.2. The van der Waals surface area contributed by atoms with Crippen molar-refractivity contribution in [3.8, 4) is 29.1 Å². The zero-order chi connectivity index (χ0) is 53.0. The van der Waals surface area contributed by atoms with Crippen LogP contribution in [-0.2, 0) is 47.6 Å². The molecule has 0 radical (unpaired) electrons. The van der Waals surface area contributed by atoms with Crippen molar-refractivity contribution in [1.29, 1.82) is 5.26 Å². The number of rotatable bonds is 24. The lowest BCUT2D eigenvalue weighted by molar-refractivity contribution is -0.150. The molecule has 4 aromatic carbocycles. The van der Waals surface area contributed by atoms with E-state index in [1.54, 1.807) is 86.6 Å². The van der Waals surface area contributed by atoms with Gasteiger partial charge in [-0.15, -0.1) is 0 Å². The van der Waals surface area contributed by atoms with E-state index in [2.05, 4.69) is 18.0 Å². The highest BCUT2D eigenvalue weighted by molar-refractivity contribution is 5.98. The first-order chi connectivity index (χ1) is 35.7. The maximum atomic E-state index is 13.2. The highest BCUT2D eigenvalue weighted by Crippen LogP contribution is 2.32. The topological polar surface area (TPSA) is 223 Å². The van der Waals surface area contributed by atoms with Crippen molar-refractivity contribution in [3.63, 3.8) is 0 Å². The Labute approximate surface area is 427 Å². The zero-order valence-electron chi connectivity index (χ0n) is 40.6. The molecule has 0 spiro atoms. The SMILES string of the molecule is [C-]#[N+]/C(=C\c1ccc(OC(=O)c2ccc(OCCCCOC(=O)C(=C)C)cc2)cc1)C(=O)O[C@H]1CO[C@H]2[C@@H]1OC[C@H]2OC(=O)/C(C#N)=C/c1ccc(OC(=O)c2ccc(OCCCCOC(=O)C(=C)C)cc2)cc1. The van der Waals surface area contributed by atoms with E-state index in [1.807, 2.05) is 6.07 Å². The molecule has 0 saturated carbocycles. The smallest absolute Gasteiger partial charge is 0.349 e. The summed E-state index contributed by atoms with van der Waals surface area (Å²) >= 11 is 0. The maximum absolute atomic E-state index is 13.2. The van der Waals surface area contributed by atoms with Crippen molar-refractivity contribution in [3.05, 3.63) is 166 Å². The van der Waals surface area contributed by atoms with Crippen LogP contribution >= 0.6 is 0 Å². The van der Waals surface area contributed by atoms with Crippen LogP contribution in [-0.4, -0.2) is 99.9 Å². The minimum atomic E-state index is -0.942. The molecule has 0 amide bonds. The molecule has 18 heteroatoms. The molecule has 0 unspecified atom stereocenters. The Kier molecular flexibility index (Phi) is 20.0. The van der Waals surface area contributed by atoms with Crippen LogP contribution in [0.3, 0.4) is 0 Å². The fourth-order valence-corrected chi connectivity index (χ4v) is 6.96. The third-order valence-electron chi connectivity index (χ3n) is 10.9. The summed E-state index contributed by atoms with van der Waals surface area (Å²) < 4.78 is 55.3. The van der Waals surface area contributed by atoms with E-state index in [9.17, 15) is 34.0 Å². The molecule has 2 aliphatic heterocycles. The summed E-state index contributed by atoms with van der Waals surface area (Å²) in [5.74, 6) is -2.43. The molecule has 2 heterocycles. The minimum Gasteiger partial charge on any atom is -0.494 e. The summed E-state index contributed by atoms with van der Waals surface area (Å²) in [6.07, 6.45) is 1.65. The maximum Gasteiger partial charge on any atom is 0.349 e. The number of hydrogen-bond acceptors (Lipinski definition) is 17. The highest BCUT2D eigenvalue weighted by Gasteiger charge is 2.51. The van der Waals surface area contributed by atoms with Crippen LogP contribution in [0.1, 0.15) is 71.4 Å². The van der Waals surface area contributed by atoms with Gasteiger partial charge in [-0.3, -0.25) is 4.79 Å². The van der Waals surface area contributed by atoms with Gasteiger partial charge in [0.05, 0.1) is 57.3 Å². The van der Waals surface area contributed by atoms with Gasteiger partial charge >= 0.3 is 35.8 Å². The molecule has 4 aromatic rings. The first-order valence-electron chi connectivity index (χ1n) is 23.3. The van der Waals surface area contributed by atoms with Gasteiger partial charge in [0.1, 0.15) is 46.8 Å². The molecule has 2 aliphatic rings. The summed E-state index contributed by atoms with van der Waals surface area (Å²) in [7, 11) is 0. The average Bonchev–Trinajstić information content (AvgIpc) is 4.00. The molecule has 74 heavy (non-hydrogen) atoms. The highest BCUT2D eigenvalue weighted by atomic mass is 16.7. The summed E-state index contributed by atoms with van der Waals surface area (Å²) in [5, 5.41) is 9.83. The number of hydrogen-bond donors (Lipinski definition) is 0. The van der Waals surface area contributed by atoms with Crippen molar-refractivity contribution < 1.29 is 76.1 Å². The van der Waals surface area contributed by atoms with Crippen molar-refractivity contribution in [2.75, 3.05) is 39.6 Å². The monoisotopic (exact) mass is 1010 g/mol. The number of esters is 6. The molecule has 382 valence electrons. The molecular weight excluding hydrogens is 957 g/mol. The van der Waals surface area contributed by atoms with E-state index in [-0.39, 0.29) is 60.3 Å². The Balaban J connectivity index is 0.915. The van der Waals surface area contributed by atoms with Gasteiger partial charge in [0, 0.05) is 11.1 Å². The number of carbonyl (C=O) groups is 6. The van der Waals surface area contributed by atoms with E-state index < -0.39 is 60.2 Å². The van der Waals surface area contributed by atoms with Crippen molar-refractivity contribution >= 4 is 48.0 Å². The molecule has 0 bridgehead atoms. The lowest BCUT2D eigenvalue weighted by atomic mass is 10.1. The van der Waals surface area contributed by atoms with Gasteiger partial charge in [0.25, 0.3) is 5.70 Å². The van der Waals surface area contributed by atoms with Crippen LogP contribution in [0.2, 0.25) is 0 Å². The van der Waals surface area contributed by atoms with Crippen LogP contribution in [0.4, 0.5) is 0 Å². The Morgan fingerprint density at radius 3 is 1.38 bits per heavy atom. The Morgan fingerprint density at radius 1 is 0.581 bits per heavy atom. The largest absolute Gasteiger partial charge is 0.494 e. The van der Waals surface area contributed by atoms with Crippen LogP contribution in [0, 0.1) is 17.9 Å². The number of benzene rings is 4. The molecular formula is C56H52N2O16. The van der Waals surface area contributed by atoms with Crippen LogP contribution in [0.5, 0.6) is 23.0 Å². The number of fused-ring (bicyclic) bond motifs is 1. The Hall–Kier alpha value is -8.84. The van der Waals surface area contributed by atoms with E-state index in [0.29, 0.717) is 72.7 Å². The van der Waals surface area contributed by atoms with E-state index >= 15 is 0 Å². The lowest BCUT2D eigenvalue weighted by Gasteiger charge is -2.17. The van der Waals surface area contributed by atoms with Crippen LogP contribution in [0.25, 0.3) is 17.0 Å². The molecule has 0 N–H and O–H groups in total. The zero-order valence-corrected chi connectivity index (χ0v) is 40.6. The lowest BCUT2D eigenvalue weighted by Crippen LogP contribution is -2.36.